The van der Waals surface area contributed by atoms with Crippen LogP contribution in [0.1, 0.15) is 24.5 Å². The first kappa shape index (κ1) is 13.8. The lowest BCUT2D eigenvalue weighted by atomic mass is 10.1. The van der Waals surface area contributed by atoms with E-state index in [9.17, 15) is 4.79 Å². The molecular formula is C16H21NO2. The third-order valence-corrected chi connectivity index (χ3v) is 3.66. The van der Waals surface area contributed by atoms with Crippen molar-refractivity contribution in [3.8, 4) is 0 Å². The average Bonchev–Trinajstić information content (AvgIpc) is 2.94. The van der Waals surface area contributed by atoms with Crippen LogP contribution >= 0.6 is 0 Å². The van der Waals surface area contributed by atoms with Crippen LogP contribution in [-0.4, -0.2) is 35.6 Å². The molecule has 1 aliphatic heterocycles. The zero-order valence-electron chi connectivity index (χ0n) is 11.4. The molecule has 1 N–H and O–H groups in total. The minimum atomic E-state index is 0.0375. The second-order valence-corrected chi connectivity index (χ2v) is 5.05. The molecule has 1 saturated heterocycles. The number of amides is 1. The van der Waals surface area contributed by atoms with Crippen LogP contribution in [0.2, 0.25) is 0 Å². The quantitative estimate of drug-likeness (QED) is 0.841. The summed E-state index contributed by atoms with van der Waals surface area (Å²) in [5, 5.41) is 9.07. The van der Waals surface area contributed by atoms with Crippen molar-refractivity contribution in [2.24, 2.45) is 5.92 Å². The van der Waals surface area contributed by atoms with Crippen LogP contribution in [0.4, 0.5) is 0 Å². The van der Waals surface area contributed by atoms with Crippen LogP contribution in [0.5, 0.6) is 0 Å². The van der Waals surface area contributed by atoms with E-state index in [2.05, 4.69) is 19.1 Å². The van der Waals surface area contributed by atoms with Gasteiger partial charge in [0.05, 0.1) is 0 Å². The lowest BCUT2D eigenvalue weighted by Crippen LogP contribution is -2.27. The zero-order chi connectivity index (χ0) is 13.7. The van der Waals surface area contributed by atoms with Gasteiger partial charge in [-0.2, -0.15) is 0 Å². The molecule has 1 aromatic rings. The Bertz CT molecular complexity index is 450. The number of aliphatic hydroxyl groups is 1. The molecule has 0 bridgehead atoms. The molecular weight excluding hydrogens is 238 g/mol. The maximum atomic E-state index is 12.0. The molecule has 0 radical (unpaired) electrons. The zero-order valence-corrected chi connectivity index (χ0v) is 11.4. The number of aliphatic hydroxyl groups excluding tert-OH is 1. The van der Waals surface area contributed by atoms with Crippen molar-refractivity contribution < 1.29 is 9.90 Å². The normalized spacial score (nSPS) is 19.3. The first-order valence-electron chi connectivity index (χ1n) is 6.89. The fraction of sp³-hybridized carbons (Fsp3) is 0.438. The number of carbonyl (C=O) groups excluding carboxylic acids is 1. The largest absolute Gasteiger partial charge is 0.396 e. The van der Waals surface area contributed by atoms with E-state index in [0.29, 0.717) is 6.54 Å². The number of nitrogens with zero attached hydrogens (tertiary/aromatic N) is 1. The summed E-state index contributed by atoms with van der Waals surface area (Å²) in [6.07, 6.45) is 5.41. The summed E-state index contributed by atoms with van der Waals surface area (Å²) >= 11 is 0. The maximum absolute atomic E-state index is 12.0. The topological polar surface area (TPSA) is 40.5 Å². The minimum Gasteiger partial charge on any atom is -0.396 e. The van der Waals surface area contributed by atoms with Gasteiger partial charge in [-0.1, -0.05) is 31.2 Å². The highest BCUT2D eigenvalue weighted by Gasteiger charge is 2.23. The maximum Gasteiger partial charge on any atom is 0.246 e. The molecule has 1 atom stereocenters. The van der Waals surface area contributed by atoms with Gasteiger partial charge in [0.25, 0.3) is 0 Å². The molecule has 1 heterocycles. The molecule has 3 heteroatoms. The molecule has 1 fully saturated rings. The number of hydrogen-bond acceptors (Lipinski definition) is 2. The number of carbonyl (C=O) groups is 1. The predicted octanol–water partition coefficient (Wildman–Crippen LogP) is 2.10. The van der Waals surface area contributed by atoms with Crippen molar-refractivity contribution in [2.75, 3.05) is 19.7 Å². The summed E-state index contributed by atoms with van der Waals surface area (Å²) in [6, 6.07) is 8.23. The van der Waals surface area contributed by atoms with Gasteiger partial charge in [0, 0.05) is 31.7 Å². The van der Waals surface area contributed by atoms with Gasteiger partial charge >= 0.3 is 0 Å². The van der Waals surface area contributed by atoms with Crippen molar-refractivity contribution in [3.63, 3.8) is 0 Å². The summed E-state index contributed by atoms with van der Waals surface area (Å²) in [4.78, 5) is 13.8. The molecule has 3 nitrogen and oxygen atoms in total. The van der Waals surface area contributed by atoms with Gasteiger partial charge in [0.1, 0.15) is 0 Å². The van der Waals surface area contributed by atoms with Crippen molar-refractivity contribution in [1.29, 1.82) is 0 Å². The van der Waals surface area contributed by atoms with Crippen LogP contribution in [0.25, 0.3) is 6.08 Å². The van der Waals surface area contributed by atoms with E-state index in [1.165, 1.54) is 5.56 Å². The molecule has 0 aromatic heterocycles. The number of likely N-dealkylation sites (tertiary alicyclic amines) is 1. The van der Waals surface area contributed by atoms with Gasteiger partial charge < -0.3 is 10.0 Å². The smallest absolute Gasteiger partial charge is 0.246 e. The van der Waals surface area contributed by atoms with Gasteiger partial charge in [-0.15, -0.1) is 0 Å². The molecule has 1 unspecified atom stereocenters. The highest BCUT2D eigenvalue weighted by Crippen LogP contribution is 2.16. The van der Waals surface area contributed by atoms with E-state index >= 15 is 0 Å². The Morgan fingerprint density at radius 3 is 2.74 bits per heavy atom. The Labute approximate surface area is 114 Å². The molecule has 0 spiro atoms. The standard InChI is InChI=1S/C16H21NO2/c1-2-13-3-5-14(6-4-13)7-8-16(19)17-10-9-15(11-17)12-18/h3-8,15,18H,2,9-12H2,1H3. The lowest BCUT2D eigenvalue weighted by Gasteiger charge is -2.13. The SMILES string of the molecule is CCc1ccc(C=CC(=O)N2CCC(CO)C2)cc1. The van der Waals surface area contributed by atoms with Crippen LogP contribution in [-0.2, 0) is 11.2 Å². The number of hydrogen-bond donors (Lipinski definition) is 1. The predicted molar refractivity (Wildman–Crippen MR) is 76.6 cm³/mol. The molecule has 0 saturated carbocycles. The van der Waals surface area contributed by atoms with E-state index in [0.717, 1.165) is 24.9 Å². The highest BCUT2D eigenvalue weighted by atomic mass is 16.3. The Morgan fingerprint density at radius 1 is 1.42 bits per heavy atom. The average molecular weight is 259 g/mol. The van der Waals surface area contributed by atoms with Crippen LogP contribution in [0.15, 0.2) is 30.3 Å². The highest BCUT2D eigenvalue weighted by molar-refractivity contribution is 5.91. The first-order valence-corrected chi connectivity index (χ1v) is 6.89. The van der Waals surface area contributed by atoms with Gasteiger partial charge in [0.15, 0.2) is 0 Å². The number of aryl methyl sites for hydroxylation is 1. The molecule has 1 aliphatic rings. The fourth-order valence-electron chi connectivity index (χ4n) is 2.32. The van der Waals surface area contributed by atoms with Gasteiger partial charge in [0.2, 0.25) is 5.91 Å². The summed E-state index contributed by atoms with van der Waals surface area (Å²) in [5.41, 5.74) is 2.34. The minimum absolute atomic E-state index is 0.0375. The molecule has 2 rings (SSSR count). The molecule has 102 valence electrons. The van der Waals surface area contributed by atoms with Crippen LogP contribution in [0.3, 0.4) is 0 Å². The Balaban J connectivity index is 1.92. The van der Waals surface area contributed by atoms with Crippen molar-refractivity contribution in [1.82, 2.24) is 4.90 Å². The van der Waals surface area contributed by atoms with Gasteiger partial charge in [-0.3, -0.25) is 4.79 Å². The second-order valence-electron chi connectivity index (χ2n) is 5.05. The third-order valence-electron chi connectivity index (χ3n) is 3.66. The van der Waals surface area contributed by atoms with Crippen molar-refractivity contribution in [3.05, 3.63) is 41.5 Å². The second kappa shape index (κ2) is 6.53. The van der Waals surface area contributed by atoms with Gasteiger partial charge in [-0.05, 0) is 30.0 Å². The summed E-state index contributed by atoms with van der Waals surface area (Å²) < 4.78 is 0. The summed E-state index contributed by atoms with van der Waals surface area (Å²) in [6.45, 7) is 3.73. The van der Waals surface area contributed by atoms with E-state index < -0.39 is 0 Å². The monoisotopic (exact) mass is 259 g/mol. The van der Waals surface area contributed by atoms with E-state index in [-0.39, 0.29) is 18.4 Å². The molecule has 0 aliphatic carbocycles. The third kappa shape index (κ3) is 3.67. The van der Waals surface area contributed by atoms with Crippen LogP contribution in [0, 0.1) is 5.92 Å². The van der Waals surface area contributed by atoms with Crippen molar-refractivity contribution >= 4 is 12.0 Å². The van der Waals surface area contributed by atoms with Crippen molar-refractivity contribution in [2.45, 2.75) is 19.8 Å². The summed E-state index contributed by atoms with van der Waals surface area (Å²) in [5.74, 6) is 0.289. The fourth-order valence-corrected chi connectivity index (χ4v) is 2.32. The van der Waals surface area contributed by atoms with E-state index in [1.54, 1.807) is 11.0 Å². The van der Waals surface area contributed by atoms with Crippen LogP contribution < -0.4 is 0 Å². The Kier molecular flexibility index (Phi) is 4.74. The van der Waals surface area contributed by atoms with E-state index in [1.807, 2.05) is 18.2 Å². The Morgan fingerprint density at radius 2 is 2.16 bits per heavy atom. The number of benzene rings is 1. The van der Waals surface area contributed by atoms with E-state index in [4.69, 9.17) is 5.11 Å². The Hall–Kier alpha value is -1.61. The first-order chi connectivity index (χ1) is 9.22. The molecule has 1 aromatic carbocycles. The molecule has 19 heavy (non-hydrogen) atoms. The number of rotatable bonds is 4. The molecule has 1 amide bonds. The summed E-state index contributed by atoms with van der Waals surface area (Å²) in [7, 11) is 0. The van der Waals surface area contributed by atoms with Gasteiger partial charge in [-0.25, -0.2) is 0 Å². The lowest BCUT2D eigenvalue weighted by molar-refractivity contribution is -0.125.